The van der Waals surface area contributed by atoms with Crippen LogP contribution in [0.25, 0.3) is 11.1 Å². The normalized spacial score (nSPS) is 10.5. The molecule has 0 fully saturated rings. The lowest BCUT2D eigenvalue weighted by Crippen LogP contribution is -2.02. The van der Waals surface area contributed by atoms with Crippen LogP contribution in [0.3, 0.4) is 0 Å². The van der Waals surface area contributed by atoms with E-state index in [1.165, 1.54) is 27.8 Å². The second kappa shape index (κ2) is 9.45. The predicted octanol–water partition coefficient (Wildman–Crippen LogP) is 6.63. The summed E-state index contributed by atoms with van der Waals surface area (Å²) in [5.41, 5.74) is 8.76. The second-order valence-electron chi connectivity index (χ2n) is 7.74. The van der Waals surface area contributed by atoms with Crippen LogP contribution >= 0.6 is 0 Å². The van der Waals surface area contributed by atoms with Crippen molar-refractivity contribution in [2.45, 2.75) is 34.3 Å². The van der Waals surface area contributed by atoms with Crippen molar-refractivity contribution >= 4 is 6.29 Å². The molecule has 0 radical (unpaired) electrons. The second-order valence-corrected chi connectivity index (χ2v) is 7.74. The van der Waals surface area contributed by atoms with Crippen LogP contribution in [0.1, 0.15) is 39.5 Å². The third-order valence-electron chi connectivity index (χ3n) is 5.12. The molecule has 0 N–H and O–H groups in total. The minimum Gasteiger partial charge on any atom is -0.489 e. The van der Waals surface area contributed by atoms with Crippen LogP contribution in [0.4, 0.5) is 0 Å². The molecule has 0 atom stereocenters. The van der Waals surface area contributed by atoms with Crippen LogP contribution in [0.5, 0.6) is 11.5 Å². The molecular formula is C27H28O3. The van der Waals surface area contributed by atoms with Crippen molar-refractivity contribution in [2.75, 3.05) is 6.61 Å². The highest BCUT2D eigenvalue weighted by molar-refractivity contribution is 5.76. The van der Waals surface area contributed by atoms with E-state index in [0.29, 0.717) is 18.8 Å². The van der Waals surface area contributed by atoms with E-state index in [2.05, 4.69) is 57.7 Å². The van der Waals surface area contributed by atoms with E-state index >= 15 is 0 Å². The fourth-order valence-electron chi connectivity index (χ4n) is 3.55. The number of hydrogen-bond donors (Lipinski definition) is 0. The Hall–Kier alpha value is -3.33. The molecule has 0 amide bonds. The monoisotopic (exact) mass is 400 g/mol. The highest BCUT2D eigenvalue weighted by Gasteiger charge is 2.13. The van der Waals surface area contributed by atoms with Crippen LogP contribution in [0.15, 0.2) is 66.7 Å². The van der Waals surface area contributed by atoms with Crippen molar-refractivity contribution in [3.63, 3.8) is 0 Å². The molecule has 3 aromatic rings. The SMILES string of the molecule is C=C(C)COc1cc(C)c(-c2cccc(COc3ccc(C=O)cc3)c2C)c(C)c1. The fraction of sp³-hybridized carbons (Fsp3) is 0.222. The zero-order chi connectivity index (χ0) is 21.7. The summed E-state index contributed by atoms with van der Waals surface area (Å²) in [6, 6.07) is 17.6. The Bertz CT molecular complexity index is 1040. The van der Waals surface area contributed by atoms with Gasteiger partial charge < -0.3 is 9.47 Å². The van der Waals surface area contributed by atoms with Gasteiger partial charge in [0.1, 0.15) is 31.0 Å². The molecule has 0 aliphatic carbocycles. The number of aryl methyl sites for hydroxylation is 2. The summed E-state index contributed by atoms with van der Waals surface area (Å²) in [5.74, 6) is 1.62. The molecule has 0 aliphatic heterocycles. The van der Waals surface area contributed by atoms with Crippen molar-refractivity contribution in [1.29, 1.82) is 0 Å². The van der Waals surface area contributed by atoms with Gasteiger partial charge in [0.15, 0.2) is 0 Å². The van der Waals surface area contributed by atoms with Gasteiger partial charge in [0.05, 0.1) is 0 Å². The van der Waals surface area contributed by atoms with Crippen LogP contribution < -0.4 is 9.47 Å². The van der Waals surface area contributed by atoms with Crippen molar-refractivity contribution in [2.24, 2.45) is 0 Å². The number of benzene rings is 3. The standard InChI is InChI=1S/C27H28O3/c1-18(2)16-29-25-13-19(3)27(20(4)14-25)26-8-6-7-23(21(26)5)17-30-24-11-9-22(15-28)10-12-24/h6-15H,1,16-17H2,2-5H3. The van der Waals surface area contributed by atoms with Crippen LogP contribution in [-0.2, 0) is 6.61 Å². The van der Waals surface area contributed by atoms with Gasteiger partial charge >= 0.3 is 0 Å². The van der Waals surface area contributed by atoms with E-state index in [1.54, 1.807) is 12.1 Å². The average Bonchev–Trinajstić information content (AvgIpc) is 2.72. The van der Waals surface area contributed by atoms with E-state index in [4.69, 9.17) is 9.47 Å². The quantitative estimate of drug-likeness (QED) is 0.315. The Labute approximate surface area is 179 Å². The first-order valence-electron chi connectivity index (χ1n) is 10.0. The summed E-state index contributed by atoms with van der Waals surface area (Å²) in [6.07, 6.45) is 0.830. The van der Waals surface area contributed by atoms with Gasteiger partial charge in [-0.3, -0.25) is 4.79 Å². The maximum atomic E-state index is 10.8. The summed E-state index contributed by atoms with van der Waals surface area (Å²) in [5, 5.41) is 0. The molecule has 0 spiro atoms. The maximum absolute atomic E-state index is 10.8. The van der Waals surface area contributed by atoms with Crippen LogP contribution in [0, 0.1) is 20.8 Å². The fourth-order valence-corrected chi connectivity index (χ4v) is 3.55. The molecule has 3 heteroatoms. The third-order valence-corrected chi connectivity index (χ3v) is 5.12. The lowest BCUT2D eigenvalue weighted by molar-refractivity contribution is 0.112. The highest BCUT2D eigenvalue weighted by atomic mass is 16.5. The molecule has 30 heavy (non-hydrogen) atoms. The predicted molar refractivity (Wildman–Crippen MR) is 123 cm³/mol. The summed E-state index contributed by atoms with van der Waals surface area (Å²) >= 11 is 0. The summed E-state index contributed by atoms with van der Waals surface area (Å²) in [6.45, 7) is 13.2. The van der Waals surface area contributed by atoms with Gasteiger partial charge in [-0.05, 0) is 103 Å². The topological polar surface area (TPSA) is 35.5 Å². The van der Waals surface area contributed by atoms with Gasteiger partial charge in [-0.2, -0.15) is 0 Å². The Kier molecular flexibility index (Phi) is 6.73. The highest BCUT2D eigenvalue weighted by Crippen LogP contribution is 2.34. The van der Waals surface area contributed by atoms with Gasteiger partial charge in [0.25, 0.3) is 0 Å². The van der Waals surface area contributed by atoms with Gasteiger partial charge in [0.2, 0.25) is 0 Å². The number of carbonyl (C=O) groups excluding carboxylic acids is 1. The maximum Gasteiger partial charge on any atom is 0.150 e. The van der Waals surface area contributed by atoms with Crippen molar-refractivity contribution in [3.05, 3.63) is 94.6 Å². The van der Waals surface area contributed by atoms with E-state index in [1.807, 2.05) is 19.1 Å². The molecule has 0 heterocycles. The number of hydrogen-bond acceptors (Lipinski definition) is 3. The zero-order valence-electron chi connectivity index (χ0n) is 18.1. The molecule has 3 rings (SSSR count). The molecular weight excluding hydrogens is 372 g/mol. The molecule has 0 saturated carbocycles. The van der Waals surface area contributed by atoms with E-state index in [-0.39, 0.29) is 0 Å². The largest absolute Gasteiger partial charge is 0.489 e. The summed E-state index contributed by atoms with van der Waals surface area (Å²) in [4.78, 5) is 10.8. The zero-order valence-corrected chi connectivity index (χ0v) is 18.1. The van der Waals surface area contributed by atoms with Gasteiger partial charge in [0, 0.05) is 5.56 Å². The van der Waals surface area contributed by atoms with E-state index in [0.717, 1.165) is 28.9 Å². The number of ether oxygens (including phenoxy) is 2. The first kappa shape index (κ1) is 21.4. The molecule has 3 aromatic carbocycles. The molecule has 0 bridgehead atoms. The van der Waals surface area contributed by atoms with Gasteiger partial charge in [-0.15, -0.1) is 0 Å². The summed E-state index contributed by atoms with van der Waals surface area (Å²) in [7, 11) is 0. The number of aldehydes is 1. The molecule has 0 aromatic heterocycles. The van der Waals surface area contributed by atoms with E-state index < -0.39 is 0 Å². The third kappa shape index (κ3) is 4.98. The van der Waals surface area contributed by atoms with E-state index in [9.17, 15) is 4.79 Å². The first-order chi connectivity index (χ1) is 14.4. The van der Waals surface area contributed by atoms with Gasteiger partial charge in [-0.1, -0.05) is 24.8 Å². The Morgan fingerprint density at radius 3 is 2.20 bits per heavy atom. The first-order valence-corrected chi connectivity index (χ1v) is 10.0. The molecule has 0 saturated heterocycles. The van der Waals surface area contributed by atoms with Crippen molar-refractivity contribution < 1.29 is 14.3 Å². The lowest BCUT2D eigenvalue weighted by Gasteiger charge is -2.18. The molecule has 154 valence electrons. The molecule has 3 nitrogen and oxygen atoms in total. The number of carbonyl (C=O) groups is 1. The lowest BCUT2D eigenvalue weighted by atomic mass is 9.90. The summed E-state index contributed by atoms with van der Waals surface area (Å²) < 4.78 is 11.8. The Balaban J connectivity index is 1.85. The van der Waals surface area contributed by atoms with Crippen LogP contribution in [-0.4, -0.2) is 12.9 Å². The Morgan fingerprint density at radius 1 is 0.933 bits per heavy atom. The Morgan fingerprint density at radius 2 is 1.60 bits per heavy atom. The smallest absolute Gasteiger partial charge is 0.150 e. The molecule has 0 unspecified atom stereocenters. The average molecular weight is 401 g/mol. The van der Waals surface area contributed by atoms with Crippen LogP contribution in [0.2, 0.25) is 0 Å². The van der Waals surface area contributed by atoms with Crippen molar-refractivity contribution in [1.82, 2.24) is 0 Å². The van der Waals surface area contributed by atoms with Gasteiger partial charge in [-0.25, -0.2) is 0 Å². The van der Waals surface area contributed by atoms with Crippen molar-refractivity contribution in [3.8, 4) is 22.6 Å². The minimum atomic E-state index is 0.470. The molecule has 0 aliphatic rings. The number of rotatable bonds is 8. The minimum absolute atomic E-state index is 0.470.